The molecule has 0 saturated carbocycles. The van der Waals surface area contributed by atoms with Gasteiger partial charge in [0.05, 0.1) is 6.54 Å². The Labute approximate surface area is 174 Å². The standard InChI is InChI=1S/C21H24ClN5O2/c1-3-23-20(25-14-21(2,28)16-7-5-4-6-8-16)24-13-18-26-19(27-29-18)15-9-11-17(22)12-10-15/h4-12,28H,3,13-14H2,1-2H3,(H2,23,24,25). The fourth-order valence-corrected chi connectivity index (χ4v) is 2.80. The van der Waals surface area contributed by atoms with Crippen molar-refractivity contribution >= 4 is 17.6 Å². The molecule has 8 heteroatoms. The molecule has 1 atom stereocenters. The largest absolute Gasteiger partial charge is 0.384 e. The topological polar surface area (TPSA) is 95.6 Å². The van der Waals surface area contributed by atoms with Crippen LogP contribution in [0.15, 0.2) is 64.1 Å². The molecule has 3 rings (SSSR count). The van der Waals surface area contributed by atoms with E-state index < -0.39 is 5.60 Å². The summed E-state index contributed by atoms with van der Waals surface area (Å²) in [4.78, 5) is 8.83. The number of aliphatic imine (C=N–C) groups is 1. The van der Waals surface area contributed by atoms with Crippen LogP contribution in [0.4, 0.5) is 0 Å². The lowest BCUT2D eigenvalue weighted by Gasteiger charge is -2.25. The number of hydrogen-bond acceptors (Lipinski definition) is 5. The van der Waals surface area contributed by atoms with Crippen LogP contribution in [0.2, 0.25) is 5.02 Å². The zero-order valence-electron chi connectivity index (χ0n) is 16.4. The Balaban J connectivity index is 1.64. The summed E-state index contributed by atoms with van der Waals surface area (Å²) in [5.74, 6) is 1.42. The van der Waals surface area contributed by atoms with E-state index in [9.17, 15) is 5.11 Å². The molecule has 152 valence electrons. The van der Waals surface area contributed by atoms with Gasteiger partial charge in [0.2, 0.25) is 11.7 Å². The zero-order valence-corrected chi connectivity index (χ0v) is 17.1. The van der Waals surface area contributed by atoms with Gasteiger partial charge in [-0.05, 0) is 43.7 Å². The first-order valence-corrected chi connectivity index (χ1v) is 9.74. The van der Waals surface area contributed by atoms with Crippen LogP contribution in [0, 0.1) is 0 Å². The molecular weight excluding hydrogens is 390 g/mol. The number of rotatable bonds is 7. The number of nitrogens with one attached hydrogen (secondary N) is 2. The highest BCUT2D eigenvalue weighted by atomic mass is 35.5. The van der Waals surface area contributed by atoms with E-state index in [4.69, 9.17) is 16.1 Å². The highest BCUT2D eigenvalue weighted by Gasteiger charge is 2.23. The minimum Gasteiger partial charge on any atom is -0.384 e. The second-order valence-corrected chi connectivity index (χ2v) is 7.14. The molecule has 0 bridgehead atoms. The number of benzene rings is 2. The van der Waals surface area contributed by atoms with Gasteiger partial charge in [-0.2, -0.15) is 4.98 Å². The summed E-state index contributed by atoms with van der Waals surface area (Å²) in [7, 11) is 0. The molecule has 1 unspecified atom stereocenters. The SMILES string of the molecule is CCNC(=NCc1nc(-c2ccc(Cl)cc2)no1)NCC(C)(O)c1ccccc1. The van der Waals surface area contributed by atoms with Crippen molar-refractivity contribution in [1.29, 1.82) is 0 Å². The third-order valence-electron chi connectivity index (χ3n) is 4.28. The van der Waals surface area contributed by atoms with Crippen molar-refractivity contribution in [2.24, 2.45) is 4.99 Å². The number of aliphatic hydroxyl groups is 1. The van der Waals surface area contributed by atoms with E-state index in [0.717, 1.165) is 11.1 Å². The van der Waals surface area contributed by atoms with Crippen molar-refractivity contribution in [2.75, 3.05) is 13.1 Å². The maximum Gasteiger partial charge on any atom is 0.248 e. The maximum absolute atomic E-state index is 10.7. The number of halogens is 1. The summed E-state index contributed by atoms with van der Waals surface area (Å²) in [6.07, 6.45) is 0. The van der Waals surface area contributed by atoms with E-state index in [2.05, 4.69) is 25.8 Å². The number of aromatic nitrogens is 2. The molecular formula is C21H24ClN5O2. The molecule has 0 aliphatic carbocycles. The predicted octanol–water partition coefficient (Wildman–Crippen LogP) is 3.35. The Bertz CT molecular complexity index is 939. The van der Waals surface area contributed by atoms with Crippen LogP contribution >= 0.6 is 11.6 Å². The Morgan fingerprint density at radius 2 is 1.86 bits per heavy atom. The van der Waals surface area contributed by atoms with Gasteiger partial charge in [-0.3, -0.25) is 0 Å². The molecule has 3 aromatic rings. The van der Waals surface area contributed by atoms with E-state index >= 15 is 0 Å². The average Bonchev–Trinajstić information content (AvgIpc) is 3.20. The second-order valence-electron chi connectivity index (χ2n) is 6.71. The van der Waals surface area contributed by atoms with Gasteiger partial charge >= 0.3 is 0 Å². The number of nitrogens with zero attached hydrogens (tertiary/aromatic N) is 3. The molecule has 0 amide bonds. The molecule has 0 aliphatic heterocycles. The predicted molar refractivity (Wildman–Crippen MR) is 114 cm³/mol. The van der Waals surface area contributed by atoms with Gasteiger partial charge in [0.1, 0.15) is 12.1 Å². The van der Waals surface area contributed by atoms with Crippen molar-refractivity contribution in [3.63, 3.8) is 0 Å². The second kappa shape index (κ2) is 9.54. The maximum atomic E-state index is 10.7. The lowest BCUT2D eigenvalue weighted by molar-refractivity contribution is 0.0617. The first kappa shape index (κ1) is 20.8. The molecule has 0 saturated heterocycles. The van der Waals surface area contributed by atoms with Crippen LogP contribution in [-0.4, -0.2) is 34.3 Å². The van der Waals surface area contributed by atoms with Gasteiger partial charge < -0.3 is 20.3 Å². The molecule has 2 aromatic carbocycles. The van der Waals surface area contributed by atoms with Gasteiger partial charge in [-0.1, -0.05) is 47.1 Å². The van der Waals surface area contributed by atoms with E-state index in [0.29, 0.717) is 35.8 Å². The lowest BCUT2D eigenvalue weighted by Crippen LogP contribution is -2.44. The molecule has 0 aliphatic rings. The van der Waals surface area contributed by atoms with Crippen molar-refractivity contribution in [1.82, 2.24) is 20.8 Å². The fourth-order valence-electron chi connectivity index (χ4n) is 2.68. The summed E-state index contributed by atoms with van der Waals surface area (Å²) in [6, 6.07) is 16.7. The van der Waals surface area contributed by atoms with Crippen LogP contribution in [0.1, 0.15) is 25.3 Å². The summed E-state index contributed by atoms with van der Waals surface area (Å²) in [5.41, 5.74) is 0.606. The minimum atomic E-state index is -1.04. The fraction of sp³-hybridized carbons (Fsp3) is 0.286. The Hall–Kier alpha value is -2.90. The van der Waals surface area contributed by atoms with Crippen molar-refractivity contribution < 1.29 is 9.63 Å². The van der Waals surface area contributed by atoms with Gasteiger partial charge in [0, 0.05) is 17.1 Å². The zero-order chi connectivity index (χ0) is 20.7. The minimum absolute atomic E-state index is 0.212. The first-order chi connectivity index (χ1) is 14.0. The Morgan fingerprint density at radius 1 is 1.14 bits per heavy atom. The van der Waals surface area contributed by atoms with Gasteiger partial charge in [-0.25, -0.2) is 4.99 Å². The molecule has 1 aromatic heterocycles. The van der Waals surface area contributed by atoms with Gasteiger partial charge in [0.25, 0.3) is 0 Å². The third-order valence-corrected chi connectivity index (χ3v) is 4.53. The van der Waals surface area contributed by atoms with Crippen molar-refractivity contribution in [2.45, 2.75) is 26.0 Å². The van der Waals surface area contributed by atoms with Crippen molar-refractivity contribution in [3.05, 3.63) is 71.1 Å². The molecule has 1 heterocycles. The molecule has 0 radical (unpaired) electrons. The van der Waals surface area contributed by atoms with Crippen molar-refractivity contribution in [3.8, 4) is 11.4 Å². The highest BCUT2D eigenvalue weighted by Crippen LogP contribution is 2.20. The summed E-state index contributed by atoms with van der Waals surface area (Å²) in [6.45, 7) is 4.92. The summed E-state index contributed by atoms with van der Waals surface area (Å²) < 4.78 is 5.29. The molecule has 0 spiro atoms. The van der Waals surface area contributed by atoms with Crippen LogP contribution in [0.25, 0.3) is 11.4 Å². The third kappa shape index (κ3) is 5.79. The van der Waals surface area contributed by atoms with E-state index in [-0.39, 0.29) is 6.54 Å². The van der Waals surface area contributed by atoms with Crippen LogP contribution in [-0.2, 0) is 12.1 Å². The molecule has 3 N–H and O–H groups in total. The summed E-state index contributed by atoms with van der Waals surface area (Å²) >= 11 is 5.91. The van der Waals surface area contributed by atoms with Crippen LogP contribution in [0.3, 0.4) is 0 Å². The average molecular weight is 414 g/mol. The smallest absolute Gasteiger partial charge is 0.248 e. The Kier molecular flexibility index (Phi) is 6.85. The monoisotopic (exact) mass is 413 g/mol. The Morgan fingerprint density at radius 3 is 2.55 bits per heavy atom. The highest BCUT2D eigenvalue weighted by molar-refractivity contribution is 6.30. The normalized spacial score (nSPS) is 13.7. The summed E-state index contributed by atoms with van der Waals surface area (Å²) in [5, 5.41) is 21.7. The van der Waals surface area contributed by atoms with Crippen LogP contribution < -0.4 is 10.6 Å². The number of hydrogen-bond donors (Lipinski definition) is 3. The van der Waals surface area contributed by atoms with E-state index in [1.807, 2.05) is 49.4 Å². The molecule has 29 heavy (non-hydrogen) atoms. The molecule has 0 fully saturated rings. The van der Waals surface area contributed by atoms with E-state index in [1.54, 1.807) is 19.1 Å². The first-order valence-electron chi connectivity index (χ1n) is 9.36. The quantitative estimate of drug-likeness (QED) is 0.406. The van der Waals surface area contributed by atoms with Crippen LogP contribution in [0.5, 0.6) is 0 Å². The number of guanidine groups is 1. The van der Waals surface area contributed by atoms with E-state index in [1.165, 1.54) is 0 Å². The molecule has 7 nitrogen and oxygen atoms in total. The van der Waals surface area contributed by atoms with Gasteiger partial charge in [-0.15, -0.1) is 0 Å². The van der Waals surface area contributed by atoms with Gasteiger partial charge in [0.15, 0.2) is 5.96 Å². The lowest BCUT2D eigenvalue weighted by atomic mass is 9.96.